The summed E-state index contributed by atoms with van der Waals surface area (Å²) < 4.78 is 10.3. The summed E-state index contributed by atoms with van der Waals surface area (Å²) in [5, 5.41) is 2.76. The average molecular weight is 275 g/mol. The van der Waals surface area contributed by atoms with Gasteiger partial charge in [0.15, 0.2) is 11.5 Å². The van der Waals surface area contributed by atoms with Crippen LogP contribution in [0.15, 0.2) is 18.2 Å². The van der Waals surface area contributed by atoms with Gasteiger partial charge in [-0.05, 0) is 12.1 Å². The molecule has 0 spiro atoms. The molecule has 6 heteroatoms. The lowest BCUT2D eigenvalue weighted by molar-refractivity contribution is -0.119. The lowest BCUT2D eigenvalue weighted by Crippen LogP contribution is -2.26. The monoisotopic (exact) mass is 274 g/mol. The minimum Gasteiger partial charge on any atom is -0.493 e. The molecule has 1 amide bonds. The third-order valence-electron chi connectivity index (χ3n) is 2.45. The molecule has 0 fully saturated rings. The van der Waals surface area contributed by atoms with Gasteiger partial charge in [-0.15, -0.1) is 12.4 Å². The first kappa shape index (κ1) is 16.5. The molecule has 18 heavy (non-hydrogen) atoms. The van der Waals surface area contributed by atoms with E-state index in [9.17, 15) is 4.79 Å². The fourth-order valence-corrected chi connectivity index (χ4v) is 1.29. The minimum atomic E-state index is -0.219. The molecule has 0 saturated heterocycles. The number of rotatable bonds is 5. The van der Waals surface area contributed by atoms with Crippen molar-refractivity contribution >= 4 is 24.0 Å². The van der Waals surface area contributed by atoms with E-state index in [1.165, 1.54) is 0 Å². The molecule has 0 aromatic heterocycles. The van der Waals surface area contributed by atoms with Crippen molar-refractivity contribution in [3.63, 3.8) is 0 Å². The second-order valence-electron chi connectivity index (χ2n) is 3.70. The van der Waals surface area contributed by atoms with E-state index in [1.54, 1.807) is 39.3 Å². The van der Waals surface area contributed by atoms with Crippen molar-refractivity contribution < 1.29 is 14.3 Å². The molecule has 1 unspecified atom stereocenters. The molecule has 0 radical (unpaired) electrons. The first-order valence-corrected chi connectivity index (χ1v) is 5.35. The van der Waals surface area contributed by atoms with Gasteiger partial charge in [0.25, 0.3) is 0 Å². The second-order valence-corrected chi connectivity index (χ2v) is 3.70. The number of halogens is 1. The summed E-state index contributed by atoms with van der Waals surface area (Å²) in [4.78, 5) is 11.6. The van der Waals surface area contributed by atoms with Gasteiger partial charge in [-0.3, -0.25) is 4.79 Å². The smallest absolute Gasteiger partial charge is 0.228 e. The number of hydrogen-bond acceptors (Lipinski definition) is 4. The zero-order valence-corrected chi connectivity index (χ0v) is 11.5. The van der Waals surface area contributed by atoms with Crippen LogP contribution in [0.2, 0.25) is 0 Å². The molecule has 0 aliphatic carbocycles. The van der Waals surface area contributed by atoms with Crippen LogP contribution in [0.25, 0.3) is 0 Å². The number of hydrogen-bond donors (Lipinski definition) is 2. The number of benzene rings is 1. The van der Waals surface area contributed by atoms with Gasteiger partial charge in [-0.25, -0.2) is 0 Å². The van der Waals surface area contributed by atoms with Crippen molar-refractivity contribution in [3.8, 4) is 11.5 Å². The van der Waals surface area contributed by atoms with E-state index in [1.807, 2.05) is 0 Å². The Bertz CT molecular complexity index is 399. The van der Waals surface area contributed by atoms with Gasteiger partial charge in [0.05, 0.1) is 14.2 Å². The van der Waals surface area contributed by atoms with Crippen LogP contribution in [0, 0.1) is 5.92 Å². The number of carbonyl (C=O) groups is 1. The first-order chi connectivity index (χ1) is 8.12. The molecule has 5 nitrogen and oxygen atoms in total. The molecule has 0 saturated carbocycles. The molecule has 102 valence electrons. The molecule has 1 aromatic rings. The van der Waals surface area contributed by atoms with Crippen LogP contribution in [0.5, 0.6) is 11.5 Å². The molecule has 1 rings (SSSR count). The molecule has 0 heterocycles. The normalized spacial score (nSPS) is 11.1. The molecule has 0 aliphatic heterocycles. The van der Waals surface area contributed by atoms with E-state index in [4.69, 9.17) is 15.2 Å². The Balaban J connectivity index is 0.00000289. The Hall–Kier alpha value is -1.46. The van der Waals surface area contributed by atoms with Crippen LogP contribution in [-0.2, 0) is 4.79 Å². The molecule has 1 atom stereocenters. The third-order valence-corrected chi connectivity index (χ3v) is 2.45. The predicted octanol–water partition coefficient (Wildman–Crippen LogP) is 1.66. The molecule has 0 bridgehead atoms. The van der Waals surface area contributed by atoms with Crippen molar-refractivity contribution in [2.75, 3.05) is 26.1 Å². The lowest BCUT2D eigenvalue weighted by Gasteiger charge is -2.12. The topological polar surface area (TPSA) is 73.6 Å². The molecular weight excluding hydrogens is 256 g/mol. The number of nitrogens with two attached hydrogens (primary N) is 1. The minimum absolute atomic E-state index is 0. The van der Waals surface area contributed by atoms with E-state index < -0.39 is 0 Å². The van der Waals surface area contributed by atoms with Crippen LogP contribution in [0.1, 0.15) is 6.92 Å². The van der Waals surface area contributed by atoms with Gasteiger partial charge in [0.1, 0.15) is 0 Å². The van der Waals surface area contributed by atoms with Crippen molar-refractivity contribution in [1.82, 2.24) is 0 Å². The maximum absolute atomic E-state index is 11.6. The Kier molecular flexibility index (Phi) is 7.16. The van der Waals surface area contributed by atoms with E-state index in [-0.39, 0.29) is 24.2 Å². The van der Waals surface area contributed by atoms with Gasteiger partial charge < -0.3 is 20.5 Å². The maximum Gasteiger partial charge on any atom is 0.228 e. The highest BCUT2D eigenvalue weighted by atomic mass is 35.5. The van der Waals surface area contributed by atoms with Gasteiger partial charge in [-0.2, -0.15) is 0 Å². The molecule has 0 aliphatic rings. The first-order valence-electron chi connectivity index (χ1n) is 5.35. The fraction of sp³-hybridized carbons (Fsp3) is 0.417. The molecule has 3 N–H and O–H groups in total. The lowest BCUT2D eigenvalue weighted by atomic mass is 10.1. The summed E-state index contributed by atoms with van der Waals surface area (Å²) in [5.41, 5.74) is 6.08. The van der Waals surface area contributed by atoms with E-state index in [0.29, 0.717) is 23.7 Å². The highest BCUT2D eigenvalue weighted by Gasteiger charge is 2.12. The number of carbonyl (C=O) groups excluding carboxylic acids is 1. The average Bonchev–Trinajstić information content (AvgIpc) is 2.37. The van der Waals surface area contributed by atoms with Gasteiger partial charge in [-0.1, -0.05) is 6.92 Å². The van der Waals surface area contributed by atoms with Gasteiger partial charge in [0, 0.05) is 24.2 Å². The SMILES string of the molecule is COc1ccc(NC(=O)C(C)CN)cc1OC.Cl. The summed E-state index contributed by atoms with van der Waals surface area (Å²) in [7, 11) is 3.11. The third kappa shape index (κ3) is 4.09. The van der Waals surface area contributed by atoms with E-state index >= 15 is 0 Å². The maximum atomic E-state index is 11.6. The molecule has 1 aromatic carbocycles. The zero-order chi connectivity index (χ0) is 12.8. The Morgan fingerprint density at radius 1 is 1.33 bits per heavy atom. The summed E-state index contributed by atoms with van der Waals surface area (Å²) in [6.07, 6.45) is 0. The van der Waals surface area contributed by atoms with Crippen LogP contribution in [-0.4, -0.2) is 26.7 Å². The number of anilines is 1. The van der Waals surface area contributed by atoms with Gasteiger partial charge >= 0.3 is 0 Å². The highest BCUT2D eigenvalue weighted by molar-refractivity contribution is 5.92. The summed E-state index contributed by atoms with van der Waals surface area (Å²) in [5.74, 6) is 0.867. The van der Waals surface area contributed by atoms with E-state index in [0.717, 1.165) is 0 Å². The van der Waals surface area contributed by atoms with Crippen LogP contribution < -0.4 is 20.5 Å². The fourth-order valence-electron chi connectivity index (χ4n) is 1.29. The summed E-state index contributed by atoms with van der Waals surface area (Å²) >= 11 is 0. The zero-order valence-electron chi connectivity index (χ0n) is 10.7. The quantitative estimate of drug-likeness (QED) is 0.856. The summed E-state index contributed by atoms with van der Waals surface area (Å²) in [6, 6.07) is 5.20. The van der Waals surface area contributed by atoms with Crippen molar-refractivity contribution in [3.05, 3.63) is 18.2 Å². The van der Waals surface area contributed by atoms with Crippen LogP contribution >= 0.6 is 12.4 Å². The predicted molar refractivity (Wildman–Crippen MR) is 73.6 cm³/mol. The second kappa shape index (κ2) is 7.79. The Labute approximate surface area is 113 Å². The van der Waals surface area contributed by atoms with Gasteiger partial charge in [0.2, 0.25) is 5.91 Å². The van der Waals surface area contributed by atoms with Crippen molar-refractivity contribution in [2.45, 2.75) is 6.92 Å². The van der Waals surface area contributed by atoms with Crippen molar-refractivity contribution in [2.24, 2.45) is 11.7 Å². The summed E-state index contributed by atoms with van der Waals surface area (Å²) in [6.45, 7) is 2.09. The van der Waals surface area contributed by atoms with E-state index in [2.05, 4.69) is 5.32 Å². The standard InChI is InChI=1S/C12H18N2O3.ClH/c1-8(7-13)12(15)14-9-4-5-10(16-2)11(6-9)17-3;/h4-6,8H,7,13H2,1-3H3,(H,14,15);1H. The number of methoxy groups -OCH3 is 2. The highest BCUT2D eigenvalue weighted by Crippen LogP contribution is 2.29. The number of amides is 1. The Morgan fingerprint density at radius 3 is 2.44 bits per heavy atom. The molecular formula is C12H19ClN2O3. The van der Waals surface area contributed by atoms with Crippen LogP contribution in [0.3, 0.4) is 0 Å². The number of ether oxygens (including phenoxy) is 2. The Morgan fingerprint density at radius 2 is 1.94 bits per heavy atom. The largest absolute Gasteiger partial charge is 0.493 e. The van der Waals surface area contributed by atoms with Crippen LogP contribution in [0.4, 0.5) is 5.69 Å². The van der Waals surface area contributed by atoms with Crippen molar-refractivity contribution in [1.29, 1.82) is 0 Å². The number of nitrogens with one attached hydrogen (secondary N) is 1.